The van der Waals surface area contributed by atoms with Crippen LogP contribution in [0.25, 0.3) is 0 Å². The van der Waals surface area contributed by atoms with Crippen LogP contribution in [0.2, 0.25) is 0 Å². The third-order valence-electron chi connectivity index (χ3n) is 4.18. The van der Waals surface area contributed by atoms with E-state index in [1.165, 1.54) is 11.3 Å². The number of hydrogen-bond acceptors (Lipinski definition) is 4. The van der Waals surface area contributed by atoms with Crippen molar-refractivity contribution < 1.29 is 14.7 Å². The number of carbonyl (C=O) groups is 2. The minimum absolute atomic E-state index is 0.0166. The highest BCUT2D eigenvalue weighted by atomic mass is 32.1. The van der Waals surface area contributed by atoms with E-state index in [4.69, 9.17) is 0 Å². The Hall–Kier alpha value is -2.18. The van der Waals surface area contributed by atoms with Gasteiger partial charge in [0.15, 0.2) is 6.10 Å². The zero-order valence-electron chi connectivity index (χ0n) is 13.3. The molecule has 1 aromatic heterocycles. The molecule has 2 aromatic rings. The SMILES string of the molecule is O=C(c1cccs1)N1CCCN(C(=O)C(O)c2ccccc2)CC1. The summed E-state index contributed by atoms with van der Waals surface area (Å²) in [6, 6.07) is 12.6. The Labute approximate surface area is 145 Å². The largest absolute Gasteiger partial charge is 0.378 e. The van der Waals surface area contributed by atoms with Crippen LogP contribution in [0, 0.1) is 0 Å². The van der Waals surface area contributed by atoms with Crippen molar-refractivity contribution in [1.29, 1.82) is 0 Å². The molecular formula is C18H20N2O3S. The molecule has 0 radical (unpaired) electrons. The van der Waals surface area contributed by atoms with Crippen molar-refractivity contribution in [2.45, 2.75) is 12.5 Å². The number of thiophene rings is 1. The van der Waals surface area contributed by atoms with Crippen molar-refractivity contribution in [2.24, 2.45) is 0 Å². The molecule has 5 nitrogen and oxygen atoms in total. The summed E-state index contributed by atoms with van der Waals surface area (Å²) in [7, 11) is 0. The van der Waals surface area contributed by atoms with Crippen LogP contribution in [-0.4, -0.2) is 52.9 Å². The van der Waals surface area contributed by atoms with Gasteiger partial charge in [-0.25, -0.2) is 0 Å². The van der Waals surface area contributed by atoms with Crippen LogP contribution in [0.1, 0.15) is 27.8 Å². The van der Waals surface area contributed by atoms with Crippen LogP contribution < -0.4 is 0 Å². The topological polar surface area (TPSA) is 60.9 Å². The van der Waals surface area contributed by atoms with Gasteiger partial charge >= 0.3 is 0 Å². The molecule has 1 fully saturated rings. The molecule has 24 heavy (non-hydrogen) atoms. The molecule has 0 saturated carbocycles. The van der Waals surface area contributed by atoms with Gasteiger partial charge in [0.05, 0.1) is 4.88 Å². The molecule has 6 heteroatoms. The lowest BCUT2D eigenvalue weighted by atomic mass is 10.1. The second-order valence-electron chi connectivity index (χ2n) is 5.76. The van der Waals surface area contributed by atoms with Crippen molar-refractivity contribution in [3.8, 4) is 0 Å². The van der Waals surface area contributed by atoms with E-state index in [0.717, 1.165) is 4.88 Å². The van der Waals surface area contributed by atoms with Crippen LogP contribution in [0.4, 0.5) is 0 Å². The predicted molar refractivity (Wildman–Crippen MR) is 92.8 cm³/mol. The van der Waals surface area contributed by atoms with E-state index in [0.29, 0.717) is 38.2 Å². The van der Waals surface area contributed by atoms with Crippen LogP contribution in [0.5, 0.6) is 0 Å². The maximum atomic E-state index is 12.5. The first kappa shape index (κ1) is 16.7. The van der Waals surface area contributed by atoms with Crippen molar-refractivity contribution in [1.82, 2.24) is 9.80 Å². The fraction of sp³-hybridized carbons (Fsp3) is 0.333. The van der Waals surface area contributed by atoms with Gasteiger partial charge in [0, 0.05) is 26.2 Å². The van der Waals surface area contributed by atoms with E-state index in [2.05, 4.69) is 0 Å². The molecule has 1 unspecified atom stereocenters. The molecule has 126 valence electrons. The summed E-state index contributed by atoms with van der Waals surface area (Å²) in [5.41, 5.74) is 0.596. The molecule has 1 aliphatic rings. The van der Waals surface area contributed by atoms with Crippen molar-refractivity contribution >= 4 is 23.2 Å². The fourth-order valence-electron chi connectivity index (χ4n) is 2.85. The van der Waals surface area contributed by atoms with Gasteiger partial charge in [0.1, 0.15) is 0 Å². The Morgan fingerprint density at radius 1 is 0.958 bits per heavy atom. The average Bonchev–Trinajstić information content (AvgIpc) is 3.05. The van der Waals surface area contributed by atoms with Gasteiger partial charge in [-0.05, 0) is 23.4 Å². The maximum Gasteiger partial charge on any atom is 0.263 e. The van der Waals surface area contributed by atoms with E-state index in [1.54, 1.807) is 34.1 Å². The summed E-state index contributed by atoms with van der Waals surface area (Å²) >= 11 is 1.43. The quantitative estimate of drug-likeness (QED) is 0.928. The molecule has 1 aliphatic heterocycles. The van der Waals surface area contributed by atoms with Gasteiger partial charge < -0.3 is 14.9 Å². The predicted octanol–water partition coefficient (Wildman–Crippen LogP) is 2.16. The molecule has 0 spiro atoms. The highest BCUT2D eigenvalue weighted by Gasteiger charge is 2.27. The lowest BCUT2D eigenvalue weighted by Crippen LogP contribution is -2.39. The number of carbonyl (C=O) groups excluding carboxylic acids is 2. The molecule has 1 N–H and O–H groups in total. The van der Waals surface area contributed by atoms with Crippen molar-refractivity contribution in [2.75, 3.05) is 26.2 Å². The number of aliphatic hydroxyl groups excluding tert-OH is 1. The van der Waals surface area contributed by atoms with Gasteiger partial charge in [-0.1, -0.05) is 36.4 Å². The van der Waals surface area contributed by atoms with E-state index in [9.17, 15) is 14.7 Å². The van der Waals surface area contributed by atoms with Gasteiger partial charge in [0.25, 0.3) is 11.8 Å². The molecule has 3 rings (SSSR count). The van der Waals surface area contributed by atoms with Crippen LogP contribution >= 0.6 is 11.3 Å². The molecule has 1 atom stereocenters. The number of benzene rings is 1. The number of aliphatic hydroxyl groups is 1. The van der Waals surface area contributed by atoms with Gasteiger partial charge in [0.2, 0.25) is 0 Å². The van der Waals surface area contributed by atoms with E-state index < -0.39 is 6.10 Å². The number of nitrogens with zero attached hydrogens (tertiary/aromatic N) is 2. The van der Waals surface area contributed by atoms with Gasteiger partial charge in [-0.15, -0.1) is 11.3 Å². The third kappa shape index (κ3) is 3.66. The molecule has 2 amide bonds. The zero-order valence-corrected chi connectivity index (χ0v) is 14.1. The highest BCUT2D eigenvalue weighted by molar-refractivity contribution is 7.12. The zero-order chi connectivity index (χ0) is 16.9. The van der Waals surface area contributed by atoms with E-state index >= 15 is 0 Å². The third-order valence-corrected chi connectivity index (χ3v) is 5.03. The van der Waals surface area contributed by atoms with E-state index in [-0.39, 0.29) is 11.8 Å². The van der Waals surface area contributed by atoms with E-state index in [1.807, 2.05) is 23.6 Å². The summed E-state index contributed by atoms with van der Waals surface area (Å²) in [5, 5.41) is 12.2. The Morgan fingerprint density at radius 2 is 1.67 bits per heavy atom. The Bertz CT molecular complexity index is 688. The Kier molecular flexibility index (Phi) is 5.27. The molecule has 1 saturated heterocycles. The second-order valence-corrected chi connectivity index (χ2v) is 6.71. The first-order valence-electron chi connectivity index (χ1n) is 8.01. The van der Waals surface area contributed by atoms with Crippen molar-refractivity contribution in [3.05, 3.63) is 58.3 Å². The fourth-order valence-corrected chi connectivity index (χ4v) is 3.54. The molecular weight excluding hydrogens is 324 g/mol. The second kappa shape index (κ2) is 7.59. The lowest BCUT2D eigenvalue weighted by Gasteiger charge is -2.24. The minimum atomic E-state index is -1.15. The summed E-state index contributed by atoms with van der Waals surface area (Å²) in [6.07, 6.45) is -0.435. The van der Waals surface area contributed by atoms with Crippen LogP contribution in [-0.2, 0) is 4.79 Å². The van der Waals surface area contributed by atoms with Crippen molar-refractivity contribution in [3.63, 3.8) is 0 Å². The highest BCUT2D eigenvalue weighted by Crippen LogP contribution is 2.18. The first-order chi connectivity index (χ1) is 11.7. The first-order valence-corrected chi connectivity index (χ1v) is 8.89. The average molecular weight is 344 g/mol. The normalized spacial score (nSPS) is 16.5. The summed E-state index contributed by atoms with van der Waals surface area (Å²) in [6.45, 7) is 2.11. The Balaban J connectivity index is 1.63. The summed E-state index contributed by atoms with van der Waals surface area (Å²) < 4.78 is 0. The molecule has 1 aromatic carbocycles. The van der Waals surface area contributed by atoms with Gasteiger partial charge in [-0.3, -0.25) is 9.59 Å². The van der Waals surface area contributed by atoms with Gasteiger partial charge in [-0.2, -0.15) is 0 Å². The molecule has 0 aliphatic carbocycles. The van der Waals surface area contributed by atoms with Crippen LogP contribution in [0.3, 0.4) is 0 Å². The Morgan fingerprint density at radius 3 is 2.38 bits per heavy atom. The number of rotatable bonds is 3. The number of hydrogen-bond donors (Lipinski definition) is 1. The molecule has 0 bridgehead atoms. The summed E-state index contributed by atoms with van der Waals surface area (Å²) in [5.74, 6) is -0.283. The number of amides is 2. The smallest absolute Gasteiger partial charge is 0.263 e. The summed E-state index contributed by atoms with van der Waals surface area (Å²) in [4.78, 5) is 29.1. The standard InChI is InChI=1S/C18H20N2O3S/c21-16(14-6-2-1-3-7-14)18(23)20-10-5-9-19(11-12-20)17(22)15-8-4-13-24-15/h1-4,6-8,13,16,21H,5,9-12H2. The lowest BCUT2D eigenvalue weighted by molar-refractivity contribution is -0.140. The maximum absolute atomic E-state index is 12.5. The monoisotopic (exact) mass is 344 g/mol. The minimum Gasteiger partial charge on any atom is -0.378 e. The molecule has 2 heterocycles. The van der Waals surface area contributed by atoms with Crippen LogP contribution in [0.15, 0.2) is 47.8 Å².